The minimum Gasteiger partial charge on any atom is -0.462 e. The van der Waals surface area contributed by atoms with Crippen molar-refractivity contribution in [1.29, 1.82) is 0 Å². The van der Waals surface area contributed by atoms with E-state index < -0.39 is 11.9 Å². The Bertz CT molecular complexity index is 281. The molecule has 0 radical (unpaired) electrons. The minimum absolute atomic E-state index is 0.607. The Balaban J connectivity index is 2.53. The van der Waals surface area contributed by atoms with Crippen molar-refractivity contribution in [3.63, 3.8) is 0 Å². The molecule has 0 aliphatic heterocycles. The lowest BCUT2D eigenvalue weighted by Crippen LogP contribution is -2.23. The first-order chi connectivity index (χ1) is 5.74. The van der Waals surface area contributed by atoms with Crippen molar-refractivity contribution in [1.82, 2.24) is 0 Å². The number of esters is 1. The van der Waals surface area contributed by atoms with Gasteiger partial charge >= 0.3 is 11.9 Å². The number of anilines is 1. The third-order valence-corrected chi connectivity index (χ3v) is 1.83. The zero-order valence-electron chi connectivity index (χ0n) is 6.37. The summed E-state index contributed by atoms with van der Waals surface area (Å²) in [7, 11) is 1.16. The van der Waals surface area contributed by atoms with Crippen LogP contribution in [-0.4, -0.2) is 19.0 Å². The average Bonchev–Trinajstić information content (AvgIpc) is 2.55. The number of ether oxygens (including phenoxy) is 1. The van der Waals surface area contributed by atoms with Crippen LogP contribution in [0, 0.1) is 0 Å². The van der Waals surface area contributed by atoms with Crippen LogP contribution in [0.3, 0.4) is 0 Å². The van der Waals surface area contributed by atoms with Crippen LogP contribution in [0.15, 0.2) is 16.8 Å². The third-order valence-electron chi connectivity index (χ3n) is 1.15. The highest BCUT2D eigenvalue weighted by atomic mass is 32.1. The third kappa shape index (κ3) is 2.06. The molecule has 64 valence electrons. The monoisotopic (exact) mass is 185 g/mol. The number of rotatable bonds is 1. The second kappa shape index (κ2) is 3.87. The quantitative estimate of drug-likeness (QED) is 0.521. The maximum Gasteiger partial charge on any atom is 0.396 e. The van der Waals surface area contributed by atoms with Crippen LogP contribution in [0.4, 0.5) is 5.69 Å². The lowest BCUT2D eigenvalue weighted by atomic mass is 10.5. The summed E-state index contributed by atoms with van der Waals surface area (Å²) in [6, 6.07) is 1.70. The van der Waals surface area contributed by atoms with Crippen LogP contribution < -0.4 is 5.32 Å². The van der Waals surface area contributed by atoms with E-state index in [4.69, 9.17) is 0 Å². The lowest BCUT2D eigenvalue weighted by molar-refractivity contribution is -0.150. The van der Waals surface area contributed by atoms with Crippen LogP contribution in [0.2, 0.25) is 0 Å². The van der Waals surface area contributed by atoms with Gasteiger partial charge in [0.15, 0.2) is 0 Å². The van der Waals surface area contributed by atoms with Crippen molar-refractivity contribution in [2.75, 3.05) is 12.4 Å². The number of thiophene rings is 1. The Morgan fingerprint density at radius 2 is 2.33 bits per heavy atom. The summed E-state index contributed by atoms with van der Waals surface area (Å²) < 4.78 is 4.21. The molecule has 1 amide bonds. The zero-order valence-corrected chi connectivity index (χ0v) is 7.18. The number of nitrogens with one attached hydrogen (secondary N) is 1. The molecule has 12 heavy (non-hydrogen) atoms. The van der Waals surface area contributed by atoms with Crippen LogP contribution in [0.1, 0.15) is 0 Å². The SMILES string of the molecule is COC(=O)C(=O)Nc1ccsc1. The highest BCUT2D eigenvalue weighted by Crippen LogP contribution is 2.11. The predicted octanol–water partition coefficient (Wildman–Crippen LogP) is 0.860. The maximum atomic E-state index is 10.9. The Labute approximate surface area is 73.2 Å². The van der Waals surface area contributed by atoms with Crippen LogP contribution in [0.25, 0.3) is 0 Å². The Morgan fingerprint density at radius 3 is 2.83 bits per heavy atom. The van der Waals surface area contributed by atoms with Gasteiger partial charge in [-0.3, -0.25) is 4.79 Å². The van der Waals surface area contributed by atoms with E-state index in [9.17, 15) is 9.59 Å². The molecule has 0 unspecified atom stereocenters. The molecule has 5 heteroatoms. The van der Waals surface area contributed by atoms with Crippen LogP contribution in [-0.2, 0) is 14.3 Å². The molecule has 1 rings (SSSR count). The largest absolute Gasteiger partial charge is 0.462 e. The number of carbonyl (C=O) groups excluding carboxylic acids is 2. The molecule has 0 saturated heterocycles. The van der Waals surface area contributed by atoms with Gasteiger partial charge in [-0.15, -0.1) is 0 Å². The van der Waals surface area contributed by atoms with E-state index in [1.165, 1.54) is 11.3 Å². The van der Waals surface area contributed by atoms with E-state index >= 15 is 0 Å². The number of amides is 1. The van der Waals surface area contributed by atoms with E-state index in [1.54, 1.807) is 16.8 Å². The lowest BCUT2D eigenvalue weighted by Gasteiger charge is -1.98. The Morgan fingerprint density at radius 1 is 1.58 bits per heavy atom. The number of methoxy groups -OCH3 is 1. The normalized spacial score (nSPS) is 9.08. The van der Waals surface area contributed by atoms with Crippen LogP contribution in [0.5, 0.6) is 0 Å². The standard InChI is InChI=1S/C7H7NO3S/c1-11-7(10)6(9)8-5-2-3-12-4-5/h2-4H,1H3,(H,8,9). The average molecular weight is 185 g/mol. The number of hydrogen-bond donors (Lipinski definition) is 1. The fourth-order valence-electron chi connectivity index (χ4n) is 0.610. The van der Waals surface area contributed by atoms with Gasteiger partial charge in [0.2, 0.25) is 0 Å². The fraction of sp³-hybridized carbons (Fsp3) is 0.143. The summed E-state index contributed by atoms with van der Waals surface area (Å²) >= 11 is 1.43. The smallest absolute Gasteiger partial charge is 0.396 e. The first-order valence-electron chi connectivity index (χ1n) is 3.15. The second-order valence-corrected chi connectivity index (χ2v) is 2.74. The molecule has 1 aromatic rings. The molecule has 0 bridgehead atoms. The minimum atomic E-state index is -0.888. The zero-order chi connectivity index (χ0) is 8.97. The molecule has 0 fully saturated rings. The first-order valence-corrected chi connectivity index (χ1v) is 4.10. The Hall–Kier alpha value is -1.36. The highest BCUT2D eigenvalue weighted by Gasteiger charge is 2.13. The fourth-order valence-corrected chi connectivity index (χ4v) is 1.20. The summed E-state index contributed by atoms with van der Waals surface area (Å²) in [6.45, 7) is 0. The number of hydrogen-bond acceptors (Lipinski definition) is 4. The first kappa shape index (κ1) is 8.73. The number of carbonyl (C=O) groups is 2. The topological polar surface area (TPSA) is 55.4 Å². The van der Waals surface area contributed by atoms with E-state index in [-0.39, 0.29) is 0 Å². The molecule has 0 aliphatic carbocycles. The molecule has 0 saturated carbocycles. The van der Waals surface area contributed by atoms with Gasteiger partial charge in [0, 0.05) is 5.38 Å². The predicted molar refractivity (Wildman–Crippen MR) is 45.0 cm³/mol. The molecule has 0 aliphatic rings. The molecular weight excluding hydrogens is 178 g/mol. The van der Waals surface area contributed by atoms with Gasteiger partial charge in [-0.05, 0) is 11.4 Å². The molecule has 1 heterocycles. The summed E-state index contributed by atoms with van der Waals surface area (Å²) in [5, 5.41) is 5.89. The van der Waals surface area contributed by atoms with Gasteiger partial charge in [0.1, 0.15) is 0 Å². The van der Waals surface area contributed by atoms with Gasteiger partial charge in [0.25, 0.3) is 0 Å². The molecule has 1 N–H and O–H groups in total. The molecular formula is C7H7NO3S. The van der Waals surface area contributed by atoms with Crippen molar-refractivity contribution in [3.8, 4) is 0 Å². The van der Waals surface area contributed by atoms with Crippen LogP contribution >= 0.6 is 11.3 Å². The van der Waals surface area contributed by atoms with E-state index in [1.807, 2.05) is 0 Å². The second-order valence-electron chi connectivity index (χ2n) is 1.96. The molecule has 1 aromatic heterocycles. The van der Waals surface area contributed by atoms with Gasteiger partial charge in [-0.2, -0.15) is 11.3 Å². The summed E-state index contributed by atoms with van der Waals surface area (Å²) in [5.74, 6) is -1.64. The van der Waals surface area contributed by atoms with Crippen molar-refractivity contribution < 1.29 is 14.3 Å². The van der Waals surface area contributed by atoms with E-state index in [0.29, 0.717) is 5.69 Å². The van der Waals surface area contributed by atoms with E-state index in [0.717, 1.165) is 7.11 Å². The van der Waals surface area contributed by atoms with Crippen molar-refractivity contribution in [3.05, 3.63) is 16.8 Å². The van der Waals surface area contributed by atoms with Gasteiger partial charge in [0.05, 0.1) is 12.8 Å². The molecule has 4 nitrogen and oxygen atoms in total. The Kier molecular flexibility index (Phi) is 2.82. The molecule has 0 atom stereocenters. The highest BCUT2D eigenvalue weighted by molar-refractivity contribution is 7.08. The van der Waals surface area contributed by atoms with E-state index in [2.05, 4.69) is 10.1 Å². The van der Waals surface area contributed by atoms with Crippen molar-refractivity contribution in [2.24, 2.45) is 0 Å². The van der Waals surface area contributed by atoms with Gasteiger partial charge in [-0.1, -0.05) is 0 Å². The molecule has 0 aromatic carbocycles. The summed E-state index contributed by atoms with van der Waals surface area (Å²) in [6.07, 6.45) is 0. The molecule has 0 spiro atoms. The summed E-state index contributed by atoms with van der Waals surface area (Å²) in [4.78, 5) is 21.5. The van der Waals surface area contributed by atoms with Crippen molar-refractivity contribution >= 4 is 28.9 Å². The van der Waals surface area contributed by atoms with Gasteiger partial charge in [-0.25, -0.2) is 4.79 Å². The van der Waals surface area contributed by atoms with Gasteiger partial charge < -0.3 is 10.1 Å². The van der Waals surface area contributed by atoms with Crippen molar-refractivity contribution in [2.45, 2.75) is 0 Å². The maximum absolute atomic E-state index is 10.9. The summed E-state index contributed by atoms with van der Waals surface area (Å²) in [5.41, 5.74) is 0.607.